The first-order chi connectivity index (χ1) is 13.7. The lowest BCUT2D eigenvalue weighted by atomic mass is 10.1. The molecule has 0 aliphatic heterocycles. The fourth-order valence-corrected chi connectivity index (χ4v) is 3.91. The number of nitrogens with one attached hydrogen (secondary N) is 1. The van der Waals surface area contributed by atoms with Crippen molar-refractivity contribution in [2.45, 2.75) is 32.1 Å². The SMILES string of the molecule is CC(C)Oc1ccc(CCNC(=O)c2oc3ccccc3c2CS(C)(=O)=O)cc1. The minimum atomic E-state index is -3.32. The number of benzene rings is 2. The van der Waals surface area contributed by atoms with Gasteiger partial charge in [-0.3, -0.25) is 4.79 Å². The van der Waals surface area contributed by atoms with Crippen LogP contribution in [0.25, 0.3) is 11.0 Å². The highest BCUT2D eigenvalue weighted by atomic mass is 32.2. The molecule has 0 atom stereocenters. The molecule has 2 aromatic carbocycles. The molecule has 1 N–H and O–H groups in total. The summed E-state index contributed by atoms with van der Waals surface area (Å²) in [7, 11) is -3.32. The van der Waals surface area contributed by atoms with Gasteiger partial charge in [0, 0.05) is 23.8 Å². The number of furan rings is 1. The van der Waals surface area contributed by atoms with E-state index < -0.39 is 15.7 Å². The van der Waals surface area contributed by atoms with Crippen LogP contribution in [0.2, 0.25) is 0 Å². The van der Waals surface area contributed by atoms with Crippen LogP contribution < -0.4 is 10.1 Å². The molecule has 7 heteroatoms. The fourth-order valence-electron chi connectivity index (χ4n) is 3.10. The topological polar surface area (TPSA) is 85.6 Å². The van der Waals surface area contributed by atoms with Crippen LogP contribution in [0.4, 0.5) is 0 Å². The van der Waals surface area contributed by atoms with E-state index in [2.05, 4.69) is 5.32 Å². The van der Waals surface area contributed by atoms with E-state index in [-0.39, 0.29) is 17.6 Å². The molecule has 0 radical (unpaired) electrons. The van der Waals surface area contributed by atoms with Crippen molar-refractivity contribution < 1.29 is 22.4 Å². The molecule has 0 bridgehead atoms. The second-order valence-electron chi connectivity index (χ2n) is 7.29. The summed E-state index contributed by atoms with van der Waals surface area (Å²) < 4.78 is 34.9. The Balaban J connectivity index is 1.69. The third-order valence-corrected chi connectivity index (χ3v) is 5.12. The lowest BCUT2D eigenvalue weighted by Gasteiger charge is -2.10. The van der Waals surface area contributed by atoms with Gasteiger partial charge < -0.3 is 14.5 Å². The molecule has 0 unspecified atom stereocenters. The Bertz CT molecular complexity index is 1100. The molecule has 1 amide bonds. The van der Waals surface area contributed by atoms with Crippen molar-refractivity contribution in [1.82, 2.24) is 5.32 Å². The Hall–Kier alpha value is -2.80. The third kappa shape index (κ3) is 5.60. The zero-order valence-corrected chi connectivity index (χ0v) is 17.6. The van der Waals surface area contributed by atoms with Gasteiger partial charge in [-0.05, 0) is 44.0 Å². The number of ether oxygens (including phenoxy) is 1. The Morgan fingerprint density at radius 2 is 1.79 bits per heavy atom. The minimum absolute atomic E-state index is 0.0531. The van der Waals surface area contributed by atoms with Crippen LogP contribution in [0.15, 0.2) is 52.9 Å². The fraction of sp³-hybridized carbons (Fsp3) is 0.318. The highest BCUT2D eigenvalue weighted by Gasteiger charge is 2.23. The molecular weight excluding hydrogens is 390 g/mol. The van der Waals surface area contributed by atoms with Gasteiger partial charge in [-0.2, -0.15) is 0 Å². The van der Waals surface area contributed by atoms with Gasteiger partial charge in [0.15, 0.2) is 15.6 Å². The molecule has 0 saturated carbocycles. The number of rotatable bonds is 8. The molecule has 6 nitrogen and oxygen atoms in total. The Morgan fingerprint density at radius 1 is 1.10 bits per heavy atom. The first kappa shape index (κ1) is 20.9. The predicted molar refractivity (Wildman–Crippen MR) is 113 cm³/mol. The second-order valence-corrected chi connectivity index (χ2v) is 9.43. The van der Waals surface area contributed by atoms with Gasteiger partial charge in [0.1, 0.15) is 11.3 Å². The monoisotopic (exact) mass is 415 g/mol. The summed E-state index contributed by atoms with van der Waals surface area (Å²) in [6.07, 6.45) is 1.89. The van der Waals surface area contributed by atoms with Crippen LogP contribution in [0.1, 0.15) is 35.5 Å². The van der Waals surface area contributed by atoms with Crippen molar-refractivity contribution in [3.63, 3.8) is 0 Å². The summed E-state index contributed by atoms with van der Waals surface area (Å²) in [4.78, 5) is 12.7. The van der Waals surface area contributed by atoms with Crippen LogP contribution in [0.3, 0.4) is 0 Å². The average molecular weight is 416 g/mol. The Labute approximate surface area is 170 Å². The van der Waals surface area contributed by atoms with Gasteiger partial charge in [-0.25, -0.2) is 8.42 Å². The van der Waals surface area contributed by atoms with Gasteiger partial charge in [0.05, 0.1) is 11.9 Å². The molecule has 0 aliphatic carbocycles. The van der Waals surface area contributed by atoms with Gasteiger partial charge in [-0.1, -0.05) is 30.3 Å². The van der Waals surface area contributed by atoms with E-state index >= 15 is 0 Å². The first-order valence-corrected chi connectivity index (χ1v) is 11.5. The van der Waals surface area contributed by atoms with E-state index in [1.165, 1.54) is 0 Å². The molecule has 29 heavy (non-hydrogen) atoms. The van der Waals surface area contributed by atoms with Crippen LogP contribution in [-0.4, -0.2) is 33.2 Å². The summed E-state index contributed by atoms with van der Waals surface area (Å²) in [5.41, 5.74) is 1.95. The number of hydrogen-bond acceptors (Lipinski definition) is 5. The van der Waals surface area contributed by atoms with E-state index in [0.717, 1.165) is 17.6 Å². The minimum Gasteiger partial charge on any atom is -0.491 e. The average Bonchev–Trinajstić information content (AvgIpc) is 3.00. The molecule has 1 heterocycles. The number of hydrogen-bond donors (Lipinski definition) is 1. The molecule has 0 saturated heterocycles. The number of fused-ring (bicyclic) bond motifs is 1. The smallest absolute Gasteiger partial charge is 0.287 e. The molecule has 0 fully saturated rings. The van der Waals surface area contributed by atoms with Crippen LogP contribution >= 0.6 is 0 Å². The van der Waals surface area contributed by atoms with Crippen LogP contribution in [-0.2, 0) is 22.0 Å². The molecule has 3 rings (SSSR count). The van der Waals surface area contributed by atoms with Gasteiger partial charge in [0.25, 0.3) is 5.91 Å². The number of carbonyl (C=O) groups is 1. The predicted octanol–water partition coefficient (Wildman–Crippen LogP) is 3.74. The number of para-hydroxylation sites is 1. The van der Waals surface area contributed by atoms with Gasteiger partial charge in [0.2, 0.25) is 0 Å². The van der Waals surface area contributed by atoms with Crippen molar-refractivity contribution >= 4 is 26.7 Å². The van der Waals surface area contributed by atoms with Crippen molar-refractivity contribution in [1.29, 1.82) is 0 Å². The van der Waals surface area contributed by atoms with Gasteiger partial charge >= 0.3 is 0 Å². The number of amides is 1. The summed E-state index contributed by atoms with van der Waals surface area (Å²) in [6.45, 7) is 4.34. The first-order valence-electron chi connectivity index (χ1n) is 9.45. The van der Waals surface area contributed by atoms with Crippen molar-refractivity contribution in [3.8, 4) is 5.75 Å². The van der Waals surface area contributed by atoms with Crippen LogP contribution in [0, 0.1) is 0 Å². The summed E-state index contributed by atoms with van der Waals surface area (Å²) in [5, 5.41) is 3.47. The zero-order chi connectivity index (χ0) is 21.0. The Morgan fingerprint density at radius 3 is 2.45 bits per heavy atom. The Kier molecular flexibility index (Phi) is 6.27. The van der Waals surface area contributed by atoms with E-state index in [4.69, 9.17) is 9.15 Å². The summed E-state index contributed by atoms with van der Waals surface area (Å²) in [5.74, 6) is 0.196. The maximum atomic E-state index is 12.7. The van der Waals surface area contributed by atoms with E-state index in [9.17, 15) is 13.2 Å². The molecular formula is C22H25NO5S. The van der Waals surface area contributed by atoms with Gasteiger partial charge in [-0.15, -0.1) is 0 Å². The summed E-state index contributed by atoms with van der Waals surface area (Å²) >= 11 is 0. The number of carbonyl (C=O) groups excluding carboxylic acids is 1. The number of sulfone groups is 1. The van der Waals surface area contributed by atoms with Crippen LogP contribution in [0.5, 0.6) is 5.75 Å². The van der Waals surface area contributed by atoms with Crippen molar-refractivity contribution in [2.75, 3.05) is 12.8 Å². The highest BCUT2D eigenvalue weighted by molar-refractivity contribution is 7.89. The summed E-state index contributed by atoms with van der Waals surface area (Å²) in [6, 6.07) is 14.8. The molecule has 0 spiro atoms. The van der Waals surface area contributed by atoms with E-state index in [1.54, 1.807) is 24.3 Å². The third-order valence-electron chi connectivity index (χ3n) is 4.31. The zero-order valence-electron chi connectivity index (χ0n) is 16.8. The van der Waals surface area contributed by atoms with E-state index in [0.29, 0.717) is 29.5 Å². The normalized spacial score (nSPS) is 11.7. The second kappa shape index (κ2) is 8.69. The van der Waals surface area contributed by atoms with E-state index in [1.807, 2.05) is 38.1 Å². The standard InChI is InChI=1S/C22H25NO5S/c1-15(2)27-17-10-8-16(9-11-17)12-13-23-22(24)21-19(14-29(3,25)26)18-6-4-5-7-20(18)28-21/h4-11,15H,12-14H2,1-3H3,(H,23,24). The maximum Gasteiger partial charge on any atom is 0.287 e. The maximum absolute atomic E-state index is 12.7. The molecule has 154 valence electrons. The quantitative estimate of drug-likeness (QED) is 0.606. The molecule has 1 aromatic heterocycles. The largest absolute Gasteiger partial charge is 0.491 e. The highest BCUT2D eigenvalue weighted by Crippen LogP contribution is 2.27. The van der Waals surface area contributed by atoms with Crippen molar-refractivity contribution in [3.05, 3.63) is 65.4 Å². The molecule has 0 aliphatic rings. The lowest BCUT2D eigenvalue weighted by molar-refractivity contribution is 0.0927. The molecule has 3 aromatic rings. The lowest BCUT2D eigenvalue weighted by Crippen LogP contribution is -2.26. The van der Waals surface area contributed by atoms with Crippen molar-refractivity contribution in [2.24, 2.45) is 0 Å².